The smallest absolute Gasteiger partial charge is 0.322 e. The molecule has 2 rings (SSSR count). The maximum atomic E-state index is 13.7. The molecule has 0 aliphatic heterocycles. The molecule has 0 aliphatic carbocycles. The average Bonchev–Trinajstić information content (AvgIpc) is 2.87. The number of carbonyl (C=O) groups is 1. The molecule has 0 spiro atoms. The lowest BCUT2D eigenvalue weighted by atomic mass is 10.1. The molecule has 23 heavy (non-hydrogen) atoms. The summed E-state index contributed by atoms with van der Waals surface area (Å²) >= 11 is 0. The third kappa shape index (κ3) is 3.13. The molecule has 2 N–H and O–H groups in total. The second-order valence-corrected chi connectivity index (χ2v) is 4.50. The lowest BCUT2D eigenvalue weighted by molar-refractivity contribution is -0.385. The number of hydrogen-bond acceptors (Lipinski definition) is 5. The van der Waals surface area contributed by atoms with Crippen LogP contribution in [0.4, 0.5) is 14.5 Å². The van der Waals surface area contributed by atoms with Gasteiger partial charge in [0.1, 0.15) is 23.4 Å². The molecule has 10 heteroatoms. The van der Waals surface area contributed by atoms with Gasteiger partial charge in [-0.1, -0.05) is 6.07 Å². The summed E-state index contributed by atoms with van der Waals surface area (Å²) in [6.45, 7) is 1.35. The summed E-state index contributed by atoms with van der Waals surface area (Å²) in [5, 5.41) is 27.9. The Morgan fingerprint density at radius 2 is 2.22 bits per heavy atom. The molecule has 1 aromatic heterocycles. The minimum Gasteiger partial charge on any atom is -0.331 e. The molecule has 1 atom stereocenters. The first-order valence-corrected chi connectivity index (χ1v) is 6.20. The second kappa shape index (κ2) is 6.18. The lowest BCUT2D eigenvalue weighted by Crippen LogP contribution is -2.29. The van der Waals surface area contributed by atoms with E-state index in [2.05, 4.69) is 15.5 Å². The standard InChI is InChI=1S/C13H9F2N5O3/c1-6-12(20(22)23)11(19-18-6)13(21)17-10(5-16)8-3-2-7(14)4-9(8)15/h2-4,10H,1H3,(H,17,21)(H,18,19)/t10-/m1/s1. The van der Waals surface area contributed by atoms with Crippen LogP contribution in [-0.2, 0) is 0 Å². The Kier molecular flexibility index (Phi) is 4.31. The van der Waals surface area contributed by atoms with Crippen LogP contribution in [0.1, 0.15) is 27.8 Å². The molecule has 8 nitrogen and oxygen atoms in total. The van der Waals surface area contributed by atoms with Crippen molar-refractivity contribution in [2.75, 3.05) is 0 Å². The molecule has 1 heterocycles. The van der Waals surface area contributed by atoms with Crippen molar-refractivity contribution in [2.45, 2.75) is 13.0 Å². The van der Waals surface area contributed by atoms with Gasteiger partial charge in [-0.05, 0) is 13.0 Å². The molecule has 0 unspecified atom stereocenters. The van der Waals surface area contributed by atoms with Crippen LogP contribution in [0.25, 0.3) is 0 Å². The Morgan fingerprint density at radius 1 is 1.52 bits per heavy atom. The van der Waals surface area contributed by atoms with Gasteiger partial charge in [0.2, 0.25) is 5.69 Å². The zero-order valence-electron chi connectivity index (χ0n) is 11.6. The van der Waals surface area contributed by atoms with E-state index in [4.69, 9.17) is 5.26 Å². The van der Waals surface area contributed by atoms with Crippen LogP contribution < -0.4 is 5.32 Å². The Balaban J connectivity index is 2.31. The van der Waals surface area contributed by atoms with Gasteiger partial charge < -0.3 is 5.32 Å². The van der Waals surface area contributed by atoms with Crippen LogP contribution in [0.2, 0.25) is 0 Å². The van der Waals surface area contributed by atoms with Gasteiger partial charge in [-0.2, -0.15) is 10.4 Å². The molecule has 1 amide bonds. The quantitative estimate of drug-likeness (QED) is 0.657. The van der Waals surface area contributed by atoms with Gasteiger partial charge in [0.25, 0.3) is 5.91 Å². The summed E-state index contributed by atoms with van der Waals surface area (Å²) in [6.07, 6.45) is 0. The summed E-state index contributed by atoms with van der Waals surface area (Å²) < 4.78 is 26.6. The molecule has 2 aromatic rings. The Morgan fingerprint density at radius 3 is 2.78 bits per heavy atom. The summed E-state index contributed by atoms with van der Waals surface area (Å²) in [5.41, 5.74) is -1.28. The molecule has 0 fully saturated rings. The van der Waals surface area contributed by atoms with Gasteiger partial charge in [0, 0.05) is 11.6 Å². The van der Waals surface area contributed by atoms with E-state index in [-0.39, 0.29) is 11.3 Å². The number of H-pyrrole nitrogens is 1. The fourth-order valence-corrected chi connectivity index (χ4v) is 1.92. The highest BCUT2D eigenvalue weighted by molar-refractivity contribution is 5.96. The number of amides is 1. The first-order chi connectivity index (χ1) is 10.8. The molecule has 0 saturated heterocycles. The van der Waals surface area contributed by atoms with Gasteiger partial charge in [-0.15, -0.1) is 0 Å². The van der Waals surface area contributed by atoms with Crippen molar-refractivity contribution >= 4 is 11.6 Å². The van der Waals surface area contributed by atoms with Crippen LogP contribution in [-0.4, -0.2) is 21.0 Å². The molecule has 118 valence electrons. The number of nitro groups is 1. The number of benzene rings is 1. The predicted molar refractivity (Wildman–Crippen MR) is 72.2 cm³/mol. The van der Waals surface area contributed by atoms with Crippen LogP contribution in [0.5, 0.6) is 0 Å². The van der Waals surface area contributed by atoms with E-state index in [0.29, 0.717) is 6.07 Å². The van der Waals surface area contributed by atoms with E-state index >= 15 is 0 Å². The molecule has 1 aromatic carbocycles. The van der Waals surface area contributed by atoms with Crippen LogP contribution in [0.15, 0.2) is 18.2 Å². The number of aromatic amines is 1. The van der Waals surface area contributed by atoms with Gasteiger partial charge >= 0.3 is 5.69 Å². The van der Waals surface area contributed by atoms with E-state index in [1.165, 1.54) is 6.92 Å². The number of nitrogens with zero attached hydrogens (tertiary/aromatic N) is 3. The Labute approximate surface area is 127 Å². The largest absolute Gasteiger partial charge is 0.331 e. The number of rotatable bonds is 4. The van der Waals surface area contributed by atoms with Crippen molar-refractivity contribution < 1.29 is 18.5 Å². The van der Waals surface area contributed by atoms with Gasteiger partial charge in [0.15, 0.2) is 0 Å². The molecule has 0 radical (unpaired) electrons. The van der Waals surface area contributed by atoms with E-state index in [0.717, 1.165) is 12.1 Å². The average molecular weight is 321 g/mol. The molecule has 0 bridgehead atoms. The van der Waals surface area contributed by atoms with Gasteiger partial charge in [-0.3, -0.25) is 20.0 Å². The summed E-state index contributed by atoms with van der Waals surface area (Å²) in [4.78, 5) is 22.2. The maximum Gasteiger partial charge on any atom is 0.322 e. The van der Waals surface area contributed by atoms with Crippen LogP contribution in [0.3, 0.4) is 0 Å². The van der Waals surface area contributed by atoms with Crippen molar-refractivity contribution in [1.29, 1.82) is 5.26 Å². The normalized spacial score (nSPS) is 11.6. The zero-order chi connectivity index (χ0) is 17.1. The van der Waals surface area contributed by atoms with Crippen molar-refractivity contribution in [1.82, 2.24) is 15.5 Å². The zero-order valence-corrected chi connectivity index (χ0v) is 11.6. The minimum atomic E-state index is -1.46. The first-order valence-electron chi connectivity index (χ1n) is 6.20. The second-order valence-electron chi connectivity index (χ2n) is 4.50. The predicted octanol–water partition coefficient (Wildman–Crippen LogP) is 1.90. The number of aromatic nitrogens is 2. The minimum absolute atomic E-state index is 0.0571. The van der Waals surface area contributed by atoms with E-state index < -0.39 is 39.9 Å². The maximum absolute atomic E-state index is 13.7. The number of halogens is 2. The van der Waals surface area contributed by atoms with Crippen molar-refractivity contribution in [2.24, 2.45) is 0 Å². The highest BCUT2D eigenvalue weighted by atomic mass is 19.1. The topological polar surface area (TPSA) is 125 Å². The highest BCUT2D eigenvalue weighted by Crippen LogP contribution is 2.22. The Hall–Kier alpha value is -3.35. The summed E-state index contributed by atoms with van der Waals surface area (Å²) in [5.74, 6) is -2.89. The third-order valence-electron chi connectivity index (χ3n) is 2.99. The third-order valence-corrected chi connectivity index (χ3v) is 2.99. The van der Waals surface area contributed by atoms with Crippen LogP contribution in [0, 0.1) is 40.0 Å². The summed E-state index contributed by atoms with van der Waals surface area (Å²) in [7, 11) is 0. The summed E-state index contributed by atoms with van der Waals surface area (Å²) in [6, 6.07) is 2.67. The number of nitriles is 1. The van der Waals surface area contributed by atoms with Crippen LogP contribution >= 0.6 is 0 Å². The van der Waals surface area contributed by atoms with E-state index in [9.17, 15) is 23.7 Å². The lowest BCUT2D eigenvalue weighted by Gasteiger charge is -2.11. The molecular weight excluding hydrogens is 312 g/mol. The fourth-order valence-electron chi connectivity index (χ4n) is 1.92. The number of carbonyl (C=O) groups excluding carboxylic acids is 1. The SMILES string of the molecule is Cc1[nH]nc(C(=O)N[C@H](C#N)c2ccc(F)cc2F)c1[N+](=O)[O-]. The molecular formula is C13H9F2N5O3. The van der Waals surface area contributed by atoms with Crippen molar-refractivity contribution in [3.8, 4) is 6.07 Å². The monoisotopic (exact) mass is 321 g/mol. The van der Waals surface area contributed by atoms with Crippen molar-refractivity contribution in [3.05, 3.63) is 56.9 Å². The van der Waals surface area contributed by atoms with Gasteiger partial charge in [-0.25, -0.2) is 8.78 Å². The van der Waals surface area contributed by atoms with Gasteiger partial charge in [0.05, 0.1) is 11.0 Å². The molecule has 0 aliphatic rings. The fraction of sp³-hybridized carbons (Fsp3) is 0.154. The molecule has 0 saturated carbocycles. The first kappa shape index (κ1) is 16.0. The van der Waals surface area contributed by atoms with Crippen molar-refractivity contribution in [3.63, 3.8) is 0 Å². The Bertz CT molecular complexity index is 828. The van der Waals surface area contributed by atoms with E-state index in [1.807, 2.05) is 0 Å². The number of nitrogens with one attached hydrogen (secondary N) is 2. The number of hydrogen-bond donors (Lipinski definition) is 2. The van der Waals surface area contributed by atoms with E-state index in [1.54, 1.807) is 6.07 Å². The number of aryl methyl sites for hydroxylation is 1. The highest BCUT2D eigenvalue weighted by Gasteiger charge is 2.29.